The molecular weight excluding hydrogens is 470 g/mol. The maximum Gasteiger partial charge on any atom is 0.343 e. The van der Waals surface area contributed by atoms with Gasteiger partial charge in [-0.1, -0.05) is 12.1 Å². The number of ether oxygens (including phenoxy) is 1. The van der Waals surface area contributed by atoms with E-state index in [4.69, 9.17) is 10.5 Å². The summed E-state index contributed by atoms with van der Waals surface area (Å²) in [5.74, 6) is -3.33. The molecule has 4 N–H and O–H groups in total. The number of benzene rings is 3. The number of nitro groups is 1. The van der Waals surface area contributed by atoms with Gasteiger partial charge in [-0.15, -0.1) is 0 Å². The first-order valence-electron chi connectivity index (χ1n) is 10.3. The van der Waals surface area contributed by atoms with Crippen molar-refractivity contribution in [2.24, 2.45) is 10.8 Å². The Morgan fingerprint density at radius 2 is 1.50 bits per heavy atom. The number of hydrazone groups is 1. The molecule has 0 radical (unpaired) electrons. The highest BCUT2D eigenvalue weighted by atomic mass is 16.6. The summed E-state index contributed by atoms with van der Waals surface area (Å²) in [4.78, 5) is 58.0. The number of esters is 1. The van der Waals surface area contributed by atoms with Gasteiger partial charge >= 0.3 is 17.8 Å². The van der Waals surface area contributed by atoms with Crippen LogP contribution in [0.5, 0.6) is 5.75 Å². The van der Waals surface area contributed by atoms with E-state index < -0.39 is 28.6 Å². The Hall–Kier alpha value is -5.39. The zero-order chi connectivity index (χ0) is 26.2. The predicted molar refractivity (Wildman–Crippen MR) is 128 cm³/mol. The highest BCUT2D eigenvalue weighted by molar-refractivity contribution is 6.39. The van der Waals surface area contributed by atoms with E-state index in [0.717, 1.165) is 0 Å². The average molecular weight is 489 g/mol. The van der Waals surface area contributed by atoms with Gasteiger partial charge in [0.15, 0.2) is 0 Å². The van der Waals surface area contributed by atoms with Crippen LogP contribution in [0, 0.1) is 10.1 Å². The standard InChI is InChI=1S/C24H19N5O7/c1-14(27-28-23(32)22(31)26-17-10-6-15(7-11-17)21(25)30)19-4-2-3-5-20(19)36-24(33)16-8-12-18(13-9-16)29(34)35/h2-13H,1H3,(H2,25,30)(H,26,31)(H,28,32)/b27-14+. The summed E-state index contributed by atoms with van der Waals surface area (Å²) in [6.45, 7) is 1.53. The van der Waals surface area contributed by atoms with Gasteiger partial charge in [-0.3, -0.25) is 24.5 Å². The highest BCUT2D eigenvalue weighted by Crippen LogP contribution is 2.21. The molecule has 0 bridgehead atoms. The molecule has 0 aromatic heterocycles. The number of carbonyl (C=O) groups is 4. The van der Waals surface area contributed by atoms with Crippen LogP contribution in [0.25, 0.3) is 0 Å². The van der Waals surface area contributed by atoms with Crippen LogP contribution in [0.4, 0.5) is 11.4 Å². The summed E-state index contributed by atoms with van der Waals surface area (Å²) < 4.78 is 5.40. The number of rotatable bonds is 7. The van der Waals surface area contributed by atoms with Gasteiger partial charge in [0.05, 0.1) is 16.2 Å². The number of carbonyl (C=O) groups excluding carboxylic acids is 4. The summed E-state index contributed by atoms with van der Waals surface area (Å²) in [7, 11) is 0. The fraction of sp³-hybridized carbons (Fsp3) is 0.0417. The van der Waals surface area contributed by atoms with E-state index in [2.05, 4.69) is 15.8 Å². The molecule has 3 rings (SSSR count). The fourth-order valence-electron chi connectivity index (χ4n) is 2.88. The molecule has 12 nitrogen and oxygen atoms in total. The molecule has 0 heterocycles. The normalized spacial score (nSPS) is 10.8. The van der Waals surface area contributed by atoms with Crippen LogP contribution in [0.1, 0.15) is 33.2 Å². The van der Waals surface area contributed by atoms with Crippen LogP contribution >= 0.6 is 0 Å². The first-order chi connectivity index (χ1) is 17.2. The Bertz CT molecular complexity index is 1370. The lowest BCUT2D eigenvalue weighted by atomic mass is 10.1. The van der Waals surface area contributed by atoms with Crippen molar-refractivity contribution in [3.8, 4) is 5.75 Å². The van der Waals surface area contributed by atoms with E-state index in [1.54, 1.807) is 18.2 Å². The predicted octanol–water partition coefficient (Wildman–Crippen LogP) is 2.39. The average Bonchev–Trinajstić information content (AvgIpc) is 2.87. The summed E-state index contributed by atoms with van der Waals surface area (Å²) in [6.07, 6.45) is 0. The molecule has 0 spiro atoms. The van der Waals surface area contributed by atoms with Crippen LogP contribution in [-0.4, -0.2) is 34.3 Å². The number of nitrogens with zero attached hydrogens (tertiary/aromatic N) is 2. The van der Waals surface area contributed by atoms with Gasteiger partial charge in [0.2, 0.25) is 5.91 Å². The zero-order valence-electron chi connectivity index (χ0n) is 18.8. The molecule has 0 fully saturated rings. The molecular formula is C24H19N5O7. The molecule has 0 saturated heterocycles. The van der Waals surface area contributed by atoms with Crippen LogP contribution in [-0.2, 0) is 9.59 Å². The lowest BCUT2D eigenvalue weighted by Crippen LogP contribution is -2.33. The van der Waals surface area contributed by atoms with Gasteiger partial charge in [-0.25, -0.2) is 10.2 Å². The maximum absolute atomic E-state index is 12.5. The molecule has 0 atom stereocenters. The second-order valence-electron chi connectivity index (χ2n) is 7.22. The van der Waals surface area contributed by atoms with E-state index in [1.165, 1.54) is 61.5 Å². The minimum Gasteiger partial charge on any atom is -0.422 e. The van der Waals surface area contributed by atoms with Crippen LogP contribution in [0.2, 0.25) is 0 Å². The number of primary amides is 1. The summed E-state index contributed by atoms with van der Waals surface area (Å²) in [5, 5.41) is 17.0. The molecule has 0 unspecified atom stereocenters. The summed E-state index contributed by atoms with van der Waals surface area (Å²) >= 11 is 0. The molecule has 0 saturated carbocycles. The Balaban J connectivity index is 1.66. The van der Waals surface area contributed by atoms with Gasteiger partial charge in [0.25, 0.3) is 5.69 Å². The van der Waals surface area contributed by atoms with Crippen molar-refractivity contribution in [3.05, 3.63) is 99.6 Å². The van der Waals surface area contributed by atoms with Gasteiger partial charge < -0.3 is 15.8 Å². The molecule has 0 aliphatic carbocycles. The third-order valence-corrected chi connectivity index (χ3v) is 4.75. The Morgan fingerprint density at radius 1 is 0.889 bits per heavy atom. The highest BCUT2D eigenvalue weighted by Gasteiger charge is 2.17. The molecule has 3 aromatic rings. The van der Waals surface area contributed by atoms with E-state index >= 15 is 0 Å². The van der Waals surface area contributed by atoms with E-state index in [1.807, 2.05) is 0 Å². The number of anilines is 1. The lowest BCUT2D eigenvalue weighted by molar-refractivity contribution is -0.384. The number of non-ortho nitro benzene ring substituents is 1. The minimum absolute atomic E-state index is 0.0961. The van der Waals surface area contributed by atoms with Gasteiger partial charge in [-0.05, 0) is 55.5 Å². The molecule has 12 heteroatoms. The van der Waals surface area contributed by atoms with Crippen LogP contribution < -0.4 is 21.2 Å². The topological polar surface area (TPSA) is 183 Å². The van der Waals surface area contributed by atoms with Gasteiger partial charge in [0, 0.05) is 28.9 Å². The van der Waals surface area contributed by atoms with Gasteiger partial charge in [-0.2, -0.15) is 5.10 Å². The molecule has 0 aliphatic heterocycles. The smallest absolute Gasteiger partial charge is 0.343 e. The van der Waals surface area contributed by atoms with E-state index in [0.29, 0.717) is 5.56 Å². The number of amides is 3. The van der Waals surface area contributed by atoms with Crippen molar-refractivity contribution in [1.29, 1.82) is 0 Å². The number of nitro benzene ring substituents is 1. The first-order valence-corrected chi connectivity index (χ1v) is 10.3. The number of nitrogens with two attached hydrogens (primary N) is 1. The molecule has 3 amide bonds. The third kappa shape index (κ3) is 6.35. The van der Waals surface area contributed by atoms with E-state index in [-0.39, 0.29) is 34.0 Å². The maximum atomic E-state index is 12.5. The Labute approximate surface area is 203 Å². The van der Waals surface area contributed by atoms with Gasteiger partial charge in [0.1, 0.15) is 5.75 Å². The van der Waals surface area contributed by atoms with Crippen molar-refractivity contribution in [2.45, 2.75) is 6.92 Å². The monoisotopic (exact) mass is 489 g/mol. The molecule has 182 valence electrons. The summed E-state index contributed by atoms with van der Waals surface area (Å²) in [6, 6.07) is 16.9. The van der Waals surface area contributed by atoms with Crippen molar-refractivity contribution in [1.82, 2.24) is 5.43 Å². The number of hydrogen-bond donors (Lipinski definition) is 3. The SMILES string of the molecule is C/C(=N\NC(=O)C(=O)Nc1ccc(C(N)=O)cc1)c1ccccc1OC(=O)c1ccc([N+](=O)[O-])cc1. The number of hydrogen-bond acceptors (Lipinski definition) is 8. The fourth-order valence-corrected chi connectivity index (χ4v) is 2.88. The van der Waals surface area contributed by atoms with E-state index in [9.17, 15) is 29.3 Å². The Morgan fingerprint density at radius 3 is 2.11 bits per heavy atom. The quantitative estimate of drug-likeness (QED) is 0.114. The largest absolute Gasteiger partial charge is 0.422 e. The van der Waals surface area contributed by atoms with Crippen LogP contribution in [0.3, 0.4) is 0 Å². The summed E-state index contributed by atoms with van der Waals surface area (Å²) in [5.41, 5.74) is 8.30. The number of para-hydroxylation sites is 1. The van der Waals surface area contributed by atoms with Crippen molar-refractivity contribution < 1.29 is 28.8 Å². The third-order valence-electron chi connectivity index (χ3n) is 4.75. The second-order valence-corrected chi connectivity index (χ2v) is 7.22. The van der Waals surface area contributed by atoms with Crippen molar-refractivity contribution in [3.63, 3.8) is 0 Å². The number of nitrogens with one attached hydrogen (secondary N) is 2. The lowest BCUT2D eigenvalue weighted by Gasteiger charge is -2.10. The molecule has 36 heavy (non-hydrogen) atoms. The minimum atomic E-state index is -1.06. The first kappa shape index (κ1) is 25.2. The zero-order valence-corrected chi connectivity index (χ0v) is 18.8. The molecule has 3 aromatic carbocycles. The Kier molecular flexibility index (Phi) is 7.82. The van der Waals surface area contributed by atoms with Crippen molar-refractivity contribution in [2.75, 3.05) is 5.32 Å². The van der Waals surface area contributed by atoms with Crippen molar-refractivity contribution >= 4 is 40.8 Å². The van der Waals surface area contributed by atoms with Crippen LogP contribution in [0.15, 0.2) is 77.9 Å². The molecule has 0 aliphatic rings. The second kappa shape index (κ2) is 11.2.